The third-order valence-corrected chi connectivity index (χ3v) is 6.77. The summed E-state index contributed by atoms with van der Waals surface area (Å²) in [5.74, 6) is -0.415. The predicted octanol–water partition coefficient (Wildman–Crippen LogP) is 7.71. The van der Waals surface area contributed by atoms with E-state index < -0.39 is 5.97 Å². The molecule has 1 aromatic carbocycles. The monoisotopic (exact) mass is 445 g/mol. The molecular formula is C28H47NO3. The molecule has 0 aliphatic carbocycles. The quantitative estimate of drug-likeness (QED) is 0.235. The fourth-order valence-electron chi connectivity index (χ4n) is 4.71. The van der Waals surface area contributed by atoms with Crippen molar-refractivity contribution in [3.63, 3.8) is 0 Å². The van der Waals surface area contributed by atoms with E-state index in [4.69, 9.17) is 4.74 Å². The SMILES string of the molecule is CCCCCCCCCCCCCCCCN1CCC(Oc2ccccc2C(=O)O)CC1. The van der Waals surface area contributed by atoms with E-state index in [0.717, 1.165) is 25.9 Å². The third-order valence-electron chi connectivity index (χ3n) is 6.77. The summed E-state index contributed by atoms with van der Waals surface area (Å²) in [6.07, 6.45) is 21.7. The number of ether oxygens (including phenoxy) is 1. The second-order valence-corrected chi connectivity index (χ2v) is 9.56. The van der Waals surface area contributed by atoms with Crippen LogP contribution in [0, 0.1) is 0 Å². The molecule has 182 valence electrons. The highest BCUT2D eigenvalue weighted by Gasteiger charge is 2.22. The van der Waals surface area contributed by atoms with Gasteiger partial charge in [-0.2, -0.15) is 0 Å². The van der Waals surface area contributed by atoms with Crippen molar-refractivity contribution in [3.05, 3.63) is 29.8 Å². The number of hydrogen-bond donors (Lipinski definition) is 1. The summed E-state index contributed by atoms with van der Waals surface area (Å²) in [7, 11) is 0. The Hall–Kier alpha value is -1.55. The standard InChI is InChI=1S/C28H47NO3/c1-2-3-4-5-6-7-8-9-10-11-12-13-14-17-22-29-23-20-25(21-24-29)32-27-19-16-15-18-26(27)28(30)31/h15-16,18-19,25H,2-14,17,20-24H2,1H3,(H,30,31). The second kappa shape index (κ2) is 17.0. The molecule has 0 saturated carbocycles. The molecule has 0 aromatic heterocycles. The molecular weight excluding hydrogens is 398 g/mol. The smallest absolute Gasteiger partial charge is 0.339 e. The van der Waals surface area contributed by atoms with Crippen molar-refractivity contribution in [1.29, 1.82) is 0 Å². The number of para-hydroxylation sites is 1. The predicted molar refractivity (Wildman–Crippen MR) is 134 cm³/mol. The summed E-state index contributed by atoms with van der Waals surface area (Å²) >= 11 is 0. The number of carboxylic acids is 1. The Kier molecular flexibility index (Phi) is 14.2. The number of carbonyl (C=O) groups is 1. The number of piperidine rings is 1. The molecule has 1 aliphatic heterocycles. The van der Waals surface area contributed by atoms with Crippen LogP contribution in [0.25, 0.3) is 0 Å². The molecule has 0 radical (unpaired) electrons. The van der Waals surface area contributed by atoms with E-state index >= 15 is 0 Å². The van der Waals surface area contributed by atoms with Crippen molar-refractivity contribution in [2.24, 2.45) is 0 Å². The number of aromatic carboxylic acids is 1. The average Bonchev–Trinajstić information content (AvgIpc) is 2.80. The Balaban J connectivity index is 1.41. The van der Waals surface area contributed by atoms with Crippen LogP contribution < -0.4 is 4.74 Å². The first-order valence-electron chi connectivity index (χ1n) is 13.4. The van der Waals surface area contributed by atoms with Crippen molar-refractivity contribution in [2.45, 2.75) is 116 Å². The summed E-state index contributed by atoms with van der Waals surface area (Å²) in [5, 5.41) is 9.30. The van der Waals surface area contributed by atoms with E-state index in [0.29, 0.717) is 5.75 Å². The second-order valence-electron chi connectivity index (χ2n) is 9.56. The molecule has 1 aliphatic rings. The molecule has 1 heterocycles. The molecule has 0 atom stereocenters. The third kappa shape index (κ3) is 11.4. The van der Waals surface area contributed by atoms with Crippen molar-refractivity contribution in [1.82, 2.24) is 4.90 Å². The Morgan fingerprint density at radius 3 is 1.88 bits per heavy atom. The molecule has 0 bridgehead atoms. The van der Waals surface area contributed by atoms with Gasteiger partial charge in [-0.3, -0.25) is 0 Å². The number of likely N-dealkylation sites (tertiary alicyclic amines) is 1. The van der Waals surface area contributed by atoms with Gasteiger partial charge in [0.2, 0.25) is 0 Å². The first-order chi connectivity index (χ1) is 15.7. The van der Waals surface area contributed by atoms with E-state index in [1.165, 1.54) is 96.4 Å². The zero-order chi connectivity index (χ0) is 22.9. The van der Waals surface area contributed by atoms with Gasteiger partial charge >= 0.3 is 5.97 Å². The van der Waals surface area contributed by atoms with Crippen LogP contribution in [0.4, 0.5) is 0 Å². The molecule has 1 saturated heterocycles. The molecule has 0 amide bonds. The minimum absolute atomic E-state index is 0.128. The van der Waals surface area contributed by atoms with Crippen LogP contribution >= 0.6 is 0 Å². The van der Waals surface area contributed by atoms with Crippen molar-refractivity contribution in [3.8, 4) is 5.75 Å². The normalized spacial score (nSPS) is 15.2. The number of unbranched alkanes of at least 4 members (excludes halogenated alkanes) is 13. The lowest BCUT2D eigenvalue weighted by Gasteiger charge is -2.32. The van der Waals surface area contributed by atoms with Gasteiger partial charge in [-0.25, -0.2) is 4.79 Å². The van der Waals surface area contributed by atoms with Gasteiger partial charge in [-0.05, 0) is 37.9 Å². The van der Waals surface area contributed by atoms with Crippen LogP contribution in [0.3, 0.4) is 0 Å². The van der Waals surface area contributed by atoms with E-state index in [9.17, 15) is 9.90 Å². The molecule has 2 rings (SSSR count). The summed E-state index contributed by atoms with van der Waals surface area (Å²) in [6.45, 7) is 5.58. The number of benzene rings is 1. The van der Waals surface area contributed by atoms with E-state index in [-0.39, 0.29) is 11.7 Å². The Morgan fingerprint density at radius 2 is 1.34 bits per heavy atom. The number of nitrogens with zero attached hydrogens (tertiary/aromatic N) is 1. The van der Waals surface area contributed by atoms with Crippen LogP contribution in [0.2, 0.25) is 0 Å². The highest BCUT2D eigenvalue weighted by atomic mass is 16.5. The van der Waals surface area contributed by atoms with Crippen LogP contribution in [0.5, 0.6) is 5.75 Å². The van der Waals surface area contributed by atoms with Crippen LogP contribution in [0.1, 0.15) is 120 Å². The Labute approximate surface area is 196 Å². The maximum absolute atomic E-state index is 11.3. The summed E-state index contributed by atoms with van der Waals surface area (Å²) in [6, 6.07) is 6.97. The summed E-state index contributed by atoms with van der Waals surface area (Å²) < 4.78 is 6.02. The lowest BCUT2D eigenvalue weighted by molar-refractivity contribution is 0.0677. The zero-order valence-corrected chi connectivity index (χ0v) is 20.5. The van der Waals surface area contributed by atoms with Crippen molar-refractivity contribution >= 4 is 5.97 Å². The van der Waals surface area contributed by atoms with Gasteiger partial charge in [0, 0.05) is 13.1 Å². The first kappa shape index (κ1) is 26.7. The molecule has 1 aromatic rings. The lowest BCUT2D eigenvalue weighted by Crippen LogP contribution is -2.38. The van der Waals surface area contributed by atoms with Crippen molar-refractivity contribution in [2.75, 3.05) is 19.6 Å². The van der Waals surface area contributed by atoms with E-state index in [1.54, 1.807) is 18.2 Å². The van der Waals surface area contributed by atoms with Crippen LogP contribution in [-0.2, 0) is 0 Å². The molecule has 1 N–H and O–H groups in total. The topological polar surface area (TPSA) is 49.8 Å². The molecule has 4 heteroatoms. The van der Waals surface area contributed by atoms with Gasteiger partial charge in [0.1, 0.15) is 17.4 Å². The Morgan fingerprint density at radius 1 is 0.844 bits per heavy atom. The lowest BCUT2D eigenvalue weighted by atomic mass is 10.0. The molecule has 32 heavy (non-hydrogen) atoms. The Bertz CT molecular complexity index is 610. The number of carboxylic acid groups (broad SMARTS) is 1. The highest BCUT2D eigenvalue weighted by Crippen LogP contribution is 2.23. The minimum Gasteiger partial charge on any atom is -0.489 e. The van der Waals surface area contributed by atoms with E-state index in [1.807, 2.05) is 6.07 Å². The van der Waals surface area contributed by atoms with Gasteiger partial charge < -0.3 is 14.7 Å². The minimum atomic E-state index is -0.921. The fraction of sp³-hybridized carbons (Fsp3) is 0.750. The zero-order valence-electron chi connectivity index (χ0n) is 20.5. The number of hydrogen-bond acceptors (Lipinski definition) is 3. The van der Waals surface area contributed by atoms with Crippen LogP contribution in [-0.4, -0.2) is 41.7 Å². The summed E-state index contributed by atoms with van der Waals surface area (Å²) in [5.41, 5.74) is 0.261. The van der Waals surface area contributed by atoms with E-state index in [2.05, 4.69) is 11.8 Å². The van der Waals surface area contributed by atoms with Gasteiger partial charge in [-0.1, -0.05) is 103 Å². The van der Waals surface area contributed by atoms with Gasteiger partial charge in [0.15, 0.2) is 0 Å². The van der Waals surface area contributed by atoms with Gasteiger partial charge in [-0.15, -0.1) is 0 Å². The maximum atomic E-state index is 11.3. The molecule has 1 fully saturated rings. The highest BCUT2D eigenvalue weighted by molar-refractivity contribution is 5.90. The molecule has 0 unspecified atom stereocenters. The average molecular weight is 446 g/mol. The molecule has 0 spiro atoms. The maximum Gasteiger partial charge on any atom is 0.339 e. The number of rotatable bonds is 18. The van der Waals surface area contributed by atoms with Crippen LogP contribution in [0.15, 0.2) is 24.3 Å². The largest absolute Gasteiger partial charge is 0.489 e. The summed E-state index contributed by atoms with van der Waals surface area (Å²) in [4.78, 5) is 13.9. The fourth-order valence-corrected chi connectivity index (χ4v) is 4.71. The first-order valence-corrected chi connectivity index (χ1v) is 13.4. The van der Waals surface area contributed by atoms with Crippen molar-refractivity contribution < 1.29 is 14.6 Å². The van der Waals surface area contributed by atoms with Gasteiger partial charge in [0.25, 0.3) is 0 Å². The molecule has 4 nitrogen and oxygen atoms in total. The van der Waals surface area contributed by atoms with Gasteiger partial charge in [0.05, 0.1) is 0 Å².